The van der Waals surface area contributed by atoms with Crippen molar-refractivity contribution >= 4 is 34.6 Å². The van der Waals surface area contributed by atoms with E-state index >= 15 is 0 Å². The molecule has 0 N–H and O–H groups in total. The molecule has 0 unspecified atom stereocenters. The van der Waals surface area contributed by atoms with Crippen LogP contribution in [0.1, 0.15) is 5.56 Å². The van der Waals surface area contributed by atoms with Gasteiger partial charge in [0.1, 0.15) is 0 Å². The van der Waals surface area contributed by atoms with Crippen LogP contribution < -0.4 is 19.1 Å². The Morgan fingerprint density at radius 3 is 2.19 bits per heavy atom. The van der Waals surface area contributed by atoms with Gasteiger partial charge in [-0.2, -0.15) is 4.99 Å². The van der Waals surface area contributed by atoms with E-state index in [1.54, 1.807) is 33.5 Å². The molecule has 2 aromatic rings. The quantitative estimate of drug-likeness (QED) is 0.661. The monoisotopic (exact) mass is 439 g/mol. The van der Waals surface area contributed by atoms with E-state index in [0.717, 1.165) is 36.9 Å². The Balaban J connectivity index is 1.47. The fourth-order valence-electron chi connectivity index (χ4n) is 3.71. The van der Waals surface area contributed by atoms with Crippen molar-refractivity contribution in [2.45, 2.75) is 0 Å². The van der Waals surface area contributed by atoms with E-state index in [1.165, 1.54) is 17.4 Å². The summed E-state index contributed by atoms with van der Waals surface area (Å²) in [6.07, 6.45) is 1.80. The first-order valence-electron chi connectivity index (χ1n) is 10.0. The Bertz CT molecular complexity index is 1010. The summed E-state index contributed by atoms with van der Waals surface area (Å²) in [6.45, 7) is 3.42. The molecule has 4 rings (SSSR count). The van der Waals surface area contributed by atoms with Crippen LogP contribution in [0.25, 0.3) is 6.08 Å². The van der Waals surface area contributed by atoms with Crippen LogP contribution in [0, 0.1) is 0 Å². The third kappa shape index (κ3) is 4.34. The zero-order valence-corrected chi connectivity index (χ0v) is 18.6. The minimum absolute atomic E-state index is 0.234. The maximum absolute atomic E-state index is 12.6. The molecule has 0 aliphatic carbocycles. The maximum Gasteiger partial charge on any atom is 0.286 e. The fourth-order valence-corrected chi connectivity index (χ4v) is 4.66. The van der Waals surface area contributed by atoms with Crippen molar-refractivity contribution in [3.63, 3.8) is 0 Å². The van der Waals surface area contributed by atoms with Crippen LogP contribution in [0.3, 0.4) is 0 Å². The number of amides is 1. The molecule has 0 radical (unpaired) electrons. The second-order valence-corrected chi connectivity index (χ2v) is 8.05. The van der Waals surface area contributed by atoms with E-state index in [1.807, 2.05) is 12.1 Å². The van der Waals surface area contributed by atoms with Gasteiger partial charge in [-0.25, -0.2) is 0 Å². The van der Waals surface area contributed by atoms with Crippen LogP contribution in [0.4, 0.5) is 5.69 Å². The molecule has 1 amide bonds. The average Bonchev–Trinajstić information content (AvgIpc) is 3.19. The van der Waals surface area contributed by atoms with Crippen LogP contribution in [0.15, 0.2) is 52.4 Å². The van der Waals surface area contributed by atoms with Crippen molar-refractivity contribution in [3.05, 3.63) is 52.9 Å². The predicted octanol–water partition coefficient (Wildman–Crippen LogP) is 3.50. The summed E-state index contributed by atoms with van der Waals surface area (Å²) < 4.78 is 16.3. The van der Waals surface area contributed by atoms with E-state index in [9.17, 15) is 4.79 Å². The van der Waals surface area contributed by atoms with Gasteiger partial charge in [-0.05, 0) is 42.1 Å². The number of aliphatic imine (C=N–C) groups is 1. The highest BCUT2D eigenvalue weighted by Crippen LogP contribution is 2.42. The molecule has 0 bridgehead atoms. The predicted molar refractivity (Wildman–Crippen MR) is 124 cm³/mol. The van der Waals surface area contributed by atoms with Crippen LogP contribution in [0.5, 0.6) is 17.2 Å². The summed E-state index contributed by atoms with van der Waals surface area (Å²) in [6, 6.07) is 14.0. The molecular formula is C23H25N3O4S. The molecule has 2 heterocycles. The molecule has 1 saturated heterocycles. The summed E-state index contributed by atoms with van der Waals surface area (Å²) in [4.78, 5) is 22.0. The van der Waals surface area contributed by atoms with E-state index in [0.29, 0.717) is 22.2 Å². The summed E-state index contributed by atoms with van der Waals surface area (Å²) in [5, 5.41) is 0.753. The average molecular weight is 440 g/mol. The van der Waals surface area contributed by atoms with Crippen molar-refractivity contribution in [2.75, 3.05) is 52.4 Å². The number of anilines is 1. The number of nitrogens with zero attached hydrogens (tertiary/aromatic N) is 3. The number of ether oxygens (including phenoxy) is 3. The number of hydrogen-bond donors (Lipinski definition) is 0. The number of carbonyl (C=O) groups is 1. The molecular weight excluding hydrogens is 414 g/mol. The van der Waals surface area contributed by atoms with E-state index in [-0.39, 0.29) is 5.91 Å². The highest BCUT2D eigenvalue weighted by Gasteiger charge is 2.29. The summed E-state index contributed by atoms with van der Waals surface area (Å²) in [5.41, 5.74) is 1.96. The maximum atomic E-state index is 12.6. The van der Waals surface area contributed by atoms with Crippen LogP contribution in [-0.4, -0.2) is 63.5 Å². The van der Waals surface area contributed by atoms with Crippen molar-refractivity contribution in [1.29, 1.82) is 0 Å². The number of benzene rings is 2. The highest BCUT2D eigenvalue weighted by atomic mass is 32.2. The normalized spacial score (nSPS) is 17.7. The van der Waals surface area contributed by atoms with Gasteiger partial charge >= 0.3 is 0 Å². The molecule has 7 nitrogen and oxygen atoms in total. The second kappa shape index (κ2) is 9.34. The van der Waals surface area contributed by atoms with Gasteiger partial charge in [0.2, 0.25) is 5.75 Å². The van der Waals surface area contributed by atoms with E-state index in [4.69, 9.17) is 14.2 Å². The molecule has 162 valence electrons. The number of rotatable bonds is 5. The number of carbonyl (C=O) groups excluding carboxylic acids is 1. The molecule has 8 heteroatoms. The molecule has 0 spiro atoms. The number of thioether (sulfide) groups is 1. The lowest BCUT2D eigenvalue weighted by molar-refractivity contribution is -0.113. The van der Waals surface area contributed by atoms with E-state index in [2.05, 4.69) is 39.1 Å². The SMILES string of the molecule is COc1ccc(/C=C2\SC(N3CCN(c4ccccc4)CC3)=NC2=O)c(OC)c1OC. The first kappa shape index (κ1) is 21.1. The number of piperazine rings is 1. The largest absolute Gasteiger partial charge is 0.493 e. The lowest BCUT2D eigenvalue weighted by atomic mass is 10.1. The zero-order valence-electron chi connectivity index (χ0n) is 17.8. The third-order valence-electron chi connectivity index (χ3n) is 5.30. The van der Waals surface area contributed by atoms with Gasteiger partial charge in [0.15, 0.2) is 16.7 Å². The van der Waals surface area contributed by atoms with Gasteiger partial charge in [0.05, 0.1) is 26.2 Å². The van der Waals surface area contributed by atoms with Gasteiger partial charge in [0, 0.05) is 37.4 Å². The molecule has 2 aliphatic heterocycles. The third-order valence-corrected chi connectivity index (χ3v) is 6.35. The van der Waals surface area contributed by atoms with Crippen LogP contribution in [-0.2, 0) is 4.79 Å². The van der Waals surface area contributed by atoms with Crippen molar-refractivity contribution in [1.82, 2.24) is 4.90 Å². The molecule has 31 heavy (non-hydrogen) atoms. The Morgan fingerprint density at radius 2 is 1.55 bits per heavy atom. The minimum atomic E-state index is -0.234. The standard InChI is InChI=1S/C23H25N3O4S/c1-28-18-10-9-16(20(29-2)21(18)30-3)15-19-22(27)24-23(31-19)26-13-11-25(12-14-26)17-7-5-4-6-8-17/h4-10,15H,11-14H2,1-3H3/b19-15-. The molecule has 2 aliphatic rings. The van der Waals surface area contributed by atoms with Crippen LogP contribution >= 0.6 is 11.8 Å². The van der Waals surface area contributed by atoms with Gasteiger partial charge in [-0.15, -0.1) is 0 Å². The Morgan fingerprint density at radius 1 is 0.871 bits per heavy atom. The highest BCUT2D eigenvalue weighted by molar-refractivity contribution is 8.18. The number of methoxy groups -OCH3 is 3. The number of amidine groups is 1. The first-order chi connectivity index (χ1) is 15.1. The minimum Gasteiger partial charge on any atom is -0.493 e. The molecule has 1 fully saturated rings. The van der Waals surface area contributed by atoms with Crippen molar-refractivity contribution in [3.8, 4) is 17.2 Å². The summed E-state index contributed by atoms with van der Waals surface area (Å²) in [7, 11) is 4.70. The molecule has 0 atom stereocenters. The number of hydrogen-bond acceptors (Lipinski definition) is 7. The number of para-hydroxylation sites is 1. The second-order valence-electron chi connectivity index (χ2n) is 7.04. The van der Waals surface area contributed by atoms with Crippen molar-refractivity contribution in [2.24, 2.45) is 4.99 Å². The lowest BCUT2D eigenvalue weighted by Gasteiger charge is -2.36. The molecule has 0 saturated carbocycles. The van der Waals surface area contributed by atoms with Gasteiger partial charge in [0.25, 0.3) is 5.91 Å². The van der Waals surface area contributed by atoms with Gasteiger partial charge in [-0.1, -0.05) is 18.2 Å². The fraction of sp³-hybridized carbons (Fsp3) is 0.304. The summed E-state index contributed by atoms with van der Waals surface area (Å²) in [5.74, 6) is 1.35. The smallest absolute Gasteiger partial charge is 0.286 e. The zero-order chi connectivity index (χ0) is 21.8. The van der Waals surface area contributed by atoms with Gasteiger partial charge < -0.3 is 24.0 Å². The molecule has 2 aromatic carbocycles. The topological polar surface area (TPSA) is 63.6 Å². The van der Waals surface area contributed by atoms with Crippen LogP contribution in [0.2, 0.25) is 0 Å². The lowest BCUT2D eigenvalue weighted by Crippen LogP contribution is -2.47. The van der Waals surface area contributed by atoms with Gasteiger partial charge in [-0.3, -0.25) is 4.79 Å². The van der Waals surface area contributed by atoms with Crippen molar-refractivity contribution < 1.29 is 19.0 Å². The van der Waals surface area contributed by atoms with E-state index < -0.39 is 0 Å². The molecule has 0 aromatic heterocycles. The Labute approximate surface area is 186 Å². The first-order valence-corrected chi connectivity index (χ1v) is 10.8. The Kier molecular flexibility index (Phi) is 6.36. The summed E-state index contributed by atoms with van der Waals surface area (Å²) >= 11 is 1.40. The Hall–Kier alpha value is -3.13.